The van der Waals surface area contributed by atoms with Crippen molar-refractivity contribution in [2.45, 2.75) is 45.2 Å². The molecule has 0 bridgehead atoms. The molecule has 2 fully saturated rings. The molecule has 0 aromatic heterocycles. The molecule has 1 aliphatic carbocycles. The van der Waals surface area contributed by atoms with Gasteiger partial charge in [0, 0.05) is 18.7 Å². The lowest BCUT2D eigenvalue weighted by molar-refractivity contribution is 0.160. The molecule has 0 aromatic rings. The number of hydrogen-bond acceptors (Lipinski definition) is 2. The molecule has 0 aromatic carbocycles. The second-order valence-electron chi connectivity index (χ2n) is 4.74. The van der Waals surface area contributed by atoms with E-state index in [4.69, 9.17) is 4.74 Å². The highest BCUT2D eigenvalue weighted by atomic mass is 16.5. The van der Waals surface area contributed by atoms with Crippen LogP contribution in [0.15, 0.2) is 0 Å². The molecule has 1 N–H and O–H groups in total. The van der Waals surface area contributed by atoms with E-state index >= 15 is 0 Å². The van der Waals surface area contributed by atoms with Crippen molar-refractivity contribution < 1.29 is 4.74 Å². The Morgan fingerprint density at radius 1 is 1.31 bits per heavy atom. The van der Waals surface area contributed by atoms with Gasteiger partial charge in [0.05, 0.1) is 6.61 Å². The minimum absolute atomic E-state index is 0.648. The highest BCUT2D eigenvalue weighted by Gasteiger charge is 2.30. The molecule has 1 saturated carbocycles. The Morgan fingerprint density at radius 3 is 2.62 bits per heavy atom. The van der Waals surface area contributed by atoms with Crippen LogP contribution in [0.2, 0.25) is 0 Å². The van der Waals surface area contributed by atoms with Crippen LogP contribution >= 0.6 is 0 Å². The minimum atomic E-state index is 0.648. The van der Waals surface area contributed by atoms with E-state index in [2.05, 4.69) is 19.2 Å². The van der Waals surface area contributed by atoms with Crippen molar-refractivity contribution in [3.63, 3.8) is 0 Å². The summed E-state index contributed by atoms with van der Waals surface area (Å²) in [6.45, 7) is 6.59. The van der Waals surface area contributed by atoms with Crippen molar-refractivity contribution in [1.82, 2.24) is 5.32 Å². The van der Waals surface area contributed by atoms with E-state index in [1.165, 1.54) is 19.3 Å². The minimum Gasteiger partial charge on any atom is -0.381 e. The normalized spacial score (nSPS) is 41.5. The largest absolute Gasteiger partial charge is 0.381 e. The summed E-state index contributed by atoms with van der Waals surface area (Å²) in [5.74, 6) is 1.65. The second kappa shape index (κ2) is 3.97. The lowest BCUT2D eigenvalue weighted by Gasteiger charge is -2.38. The summed E-state index contributed by atoms with van der Waals surface area (Å²) in [5, 5.41) is 3.73. The van der Waals surface area contributed by atoms with E-state index in [0.717, 1.165) is 31.1 Å². The van der Waals surface area contributed by atoms with Crippen LogP contribution in [0.3, 0.4) is 0 Å². The zero-order valence-electron chi connectivity index (χ0n) is 8.75. The Hall–Kier alpha value is -0.0800. The Labute approximate surface area is 81.0 Å². The molecule has 1 aliphatic heterocycles. The first-order chi connectivity index (χ1) is 6.27. The molecule has 13 heavy (non-hydrogen) atoms. The van der Waals surface area contributed by atoms with Crippen molar-refractivity contribution in [1.29, 1.82) is 0 Å². The predicted molar refractivity (Wildman–Crippen MR) is 53.7 cm³/mol. The van der Waals surface area contributed by atoms with Gasteiger partial charge in [-0.15, -0.1) is 0 Å². The molecule has 1 heterocycles. The first kappa shape index (κ1) is 9.47. The van der Waals surface area contributed by atoms with Gasteiger partial charge in [-0.05, 0) is 38.0 Å². The fraction of sp³-hybridized carbons (Fsp3) is 1.00. The third-order valence-electron chi connectivity index (χ3n) is 3.77. The lowest BCUT2D eigenvalue weighted by Crippen LogP contribution is -2.49. The lowest BCUT2D eigenvalue weighted by atomic mass is 9.80. The quantitative estimate of drug-likeness (QED) is 0.720. The molecule has 0 spiro atoms. The van der Waals surface area contributed by atoms with Gasteiger partial charge >= 0.3 is 0 Å². The van der Waals surface area contributed by atoms with Gasteiger partial charge in [-0.2, -0.15) is 0 Å². The van der Waals surface area contributed by atoms with Crippen LogP contribution in [0.4, 0.5) is 0 Å². The molecular weight excluding hydrogens is 162 g/mol. The highest BCUT2D eigenvalue weighted by Crippen LogP contribution is 2.28. The van der Waals surface area contributed by atoms with E-state index in [0.29, 0.717) is 6.04 Å². The van der Waals surface area contributed by atoms with Gasteiger partial charge in [0.2, 0.25) is 0 Å². The second-order valence-corrected chi connectivity index (χ2v) is 4.74. The van der Waals surface area contributed by atoms with Crippen LogP contribution in [0.5, 0.6) is 0 Å². The third-order valence-corrected chi connectivity index (χ3v) is 3.77. The summed E-state index contributed by atoms with van der Waals surface area (Å²) in [6, 6.07) is 1.44. The van der Waals surface area contributed by atoms with Gasteiger partial charge in [-0.25, -0.2) is 0 Å². The molecule has 4 atom stereocenters. The predicted octanol–water partition coefficient (Wildman–Crippen LogP) is 1.80. The summed E-state index contributed by atoms with van der Waals surface area (Å²) in [7, 11) is 0. The Balaban J connectivity index is 1.73. The van der Waals surface area contributed by atoms with E-state index in [1.807, 2.05) is 0 Å². The van der Waals surface area contributed by atoms with E-state index in [-0.39, 0.29) is 0 Å². The van der Waals surface area contributed by atoms with Crippen LogP contribution in [0, 0.1) is 11.8 Å². The Kier molecular flexibility index (Phi) is 2.89. The average Bonchev–Trinajstić information content (AvgIpc) is 2.64. The fourth-order valence-corrected chi connectivity index (χ4v) is 2.34. The van der Waals surface area contributed by atoms with Crippen LogP contribution in [0.1, 0.15) is 33.1 Å². The van der Waals surface area contributed by atoms with E-state index < -0.39 is 0 Å². The molecule has 2 nitrogen and oxygen atoms in total. The fourth-order valence-electron chi connectivity index (χ4n) is 2.34. The molecule has 2 rings (SSSR count). The zero-order chi connectivity index (χ0) is 9.26. The summed E-state index contributed by atoms with van der Waals surface area (Å²) in [4.78, 5) is 0. The molecule has 0 amide bonds. The Morgan fingerprint density at radius 2 is 2.15 bits per heavy atom. The van der Waals surface area contributed by atoms with E-state index in [9.17, 15) is 0 Å². The van der Waals surface area contributed by atoms with Gasteiger partial charge in [-0.3, -0.25) is 0 Å². The van der Waals surface area contributed by atoms with Crippen LogP contribution in [0.25, 0.3) is 0 Å². The Bertz CT molecular complexity index is 165. The highest BCUT2D eigenvalue weighted by molar-refractivity contribution is 4.87. The van der Waals surface area contributed by atoms with Crippen molar-refractivity contribution in [3.05, 3.63) is 0 Å². The molecule has 76 valence electrons. The van der Waals surface area contributed by atoms with Crippen molar-refractivity contribution in [3.8, 4) is 0 Å². The maximum absolute atomic E-state index is 5.40. The molecule has 1 saturated heterocycles. The van der Waals surface area contributed by atoms with Gasteiger partial charge in [0.1, 0.15) is 0 Å². The van der Waals surface area contributed by atoms with Gasteiger partial charge < -0.3 is 10.1 Å². The maximum atomic E-state index is 5.40. The van der Waals surface area contributed by atoms with Gasteiger partial charge in [0.15, 0.2) is 0 Å². The molecule has 0 radical (unpaired) electrons. The van der Waals surface area contributed by atoms with Crippen molar-refractivity contribution in [2.75, 3.05) is 13.2 Å². The number of nitrogens with one attached hydrogen (secondary N) is 1. The number of ether oxygens (including phenoxy) is 1. The standard InChI is InChI=1S/C11H21NO/c1-8-3-4-11(8)12-9(2)10-5-6-13-7-10/h8-12H,3-7H2,1-2H3. The SMILES string of the molecule is CC1CCC1NC(C)C1CCOC1. The van der Waals surface area contributed by atoms with E-state index in [1.54, 1.807) is 0 Å². The van der Waals surface area contributed by atoms with Crippen molar-refractivity contribution >= 4 is 0 Å². The van der Waals surface area contributed by atoms with Gasteiger partial charge in [0.25, 0.3) is 0 Å². The smallest absolute Gasteiger partial charge is 0.0509 e. The van der Waals surface area contributed by atoms with Crippen LogP contribution in [-0.4, -0.2) is 25.3 Å². The molecule has 4 unspecified atom stereocenters. The molecular formula is C11H21NO. The first-order valence-electron chi connectivity index (χ1n) is 5.61. The average molecular weight is 183 g/mol. The summed E-state index contributed by atoms with van der Waals surface area (Å²) in [6.07, 6.45) is 4.03. The maximum Gasteiger partial charge on any atom is 0.0509 e. The summed E-state index contributed by atoms with van der Waals surface area (Å²) < 4.78 is 5.40. The monoisotopic (exact) mass is 183 g/mol. The number of hydrogen-bond donors (Lipinski definition) is 1. The zero-order valence-corrected chi connectivity index (χ0v) is 8.75. The topological polar surface area (TPSA) is 21.3 Å². The van der Waals surface area contributed by atoms with Crippen LogP contribution < -0.4 is 5.32 Å². The number of rotatable bonds is 3. The third kappa shape index (κ3) is 2.05. The molecule has 2 heteroatoms. The summed E-state index contributed by atoms with van der Waals surface area (Å²) >= 11 is 0. The molecule has 2 aliphatic rings. The van der Waals surface area contributed by atoms with Crippen molar-refractivity contribution in [2.24, 2.45) is 11.8 Å². The first-order valence-corrected chi connectivity index (χ1v) is 5.61. The van der Waals surface area contributed by atoms with Gasteiger partial charge in [-0.1, -0.05) is 6.92 Å². The summed E-state index contributed by atoms with van der Waals surface area (Å²) in [5.41, 5.74) is 0. The van der Waals surface area contributed by atoms with Crippen LogP contribution in [-0.2, 0) is 4.74 Å².